The normalized spacial score (nSPS) is 10.4. The zero-order valence-electron chi connectivity index (χ0n) is 9.99. The number of rotatable bonds is 7. The molecule has 18 heavy (non-hydrogen) atoms. The fraction of sp³-hybridized carbons (Fsp3) is 0.417. The van der Waals surface area contributed by atoms with Gasteiger partial charge >= 0.3 is 6.61 Å². The minimum Gasteiger partial charge on any atom is -0.433 e. The molecule has 1 N–H and O–H groups in total. The maximum Gasteiger partial charge on any atom is 0.387 e. The van der Waals surface area contributed by atoms with E-state index < -0.39 is 12.5 Å². The molecule has 0 aliphatic carbocycles. The molecule has 0 fully saturated rings. The molecule has 1 aromatic carbocycles. The van der Waals surface area contributed by atoms with Crippen LogP contribution in [0, 0.1) is 0 Å². The van der Waals surface area contributed by atoms with E-state index in [9.17, 15) is 13.6 Å². The van der Waals surface area contributed by atoms with Crippen LogP contribution in [-0.4, -0.2) is 25.7 Å². The van der Waals surface area contributed by atoms with E-state index in [4.69, 9.17) is 4.74 Å². The van der Waals surface area contributed by atoms with Crippen LogP contribution in [0.3, 0.4) is 0 Å². The molecule has 6 heteroatoms. The Morgan fingerprint density at radius 1 is 1.39 bits per heavy atom. The highest BCUT2D eigenvalue weighted by Gasteiger charge is 2.11. The standard InChI is InChI=1S/C12H15F2NO3/c1-2-7-17-8-11(16)15-9-5-3-4-6-10(9)18-12(13)14/h3-6,12H,2,7-8H2,1H3,(H,15,16). The van der Waals surface area contributed by atoms with E-state index >= 15 is 0 Å². The van der Waals surface area contributed by atoms with Crippen LogP contribution in [0.15, 0.2) is 24.3 Å². The van der Waals surface area contributed by atoms with E-state index in [1.807, 2.05) is 6.92 Å². The van der Waals surface area contributed by atoms with Crippen LogP contribution in [0.2, 0.25) is 0 Å². The molecule has 0 heterocycles. The van der Waals surface area contributed by atoms with Gasteiger partial charge in [0.2, 0.25) is 5.91 Å². The van der Waals surface area contributed by atoms with Crippen molar-refractivity contribution in [1.82, 2.24) is 0 Å². The highest BCUT2D eigenvalue weighted by atomic mass is 19.3. The van der Waals surface area contributed by atoms with E-state index in [-0.39, 0.29) is 18.0 Å². The topological polar surface area (TPSA) is 47.6 Å². The molecule has 0 aliphatic rings. The van der Waals surface area contributed by atoms with Gasteiger partial charge in [-0.15, -0.1) is 0 Å². The lowest BCUT2D eigenvalue weighted by atomic mass is 10.3. The molecule has 0 saturated heterocycles. The van der Waals surface area contributed by atoms with Crippen molar-refractivity contribution in [2.45, 2.75) is 20.0 Å². The average molecular weight is 259 g/mol. The summed E-state index contributed by atoms with van der Waals surface area (Å²) < 4.78 is 33.6. The Morgan fingerprint density at radius 3 is 2.78 bits per heavy atom. The molecule has 4 nitrogen and oxygen atoms in total. The van der Waals surface area contributed by atoms with Crippen molar-refractivity contribution >= 4 is 11.6 Å². The maximum absolute atomic E-state index is 12.1. The Bertz CT molecular complexity index is 385. The van der Waals surface area contributed by atoms with E-state index in [2.05, 4.69) is 10.1 Å². The molecule has 100 valence electrons. The molecular formula is C12H15F2NO3. The lowest BCUT2D eigenvalue weighted by Gasteiger charge is -2.11. The van der Waals surface area contributed by atoms with Gasteiger partial charge in [0.1, 0.15) is 12.4 Å². The second-order valence-electron chi connectivity index (χ2n) is 3.48. The first-order valence-electron chi connectivity index (χ1n) is 5.55. The predicted octanol–water partition coefficient (Wildman–Crippen LogP) is 2.65. The summed E-state index contributed by atoms with van der Waals surface area (Å²) in [6.45, 7) is -0.650. The minimum absolute atomic E-state index is 0.0728. The number of halogens is 2. The van der Waals surface area contributed by atoms with E-state index in [0.717, 1.165) is 6.42 Å². The number of para-hydroxylation sites is 2. The van der Waals surface area contributed by atoms with Crippen LogP contribution in [0.5, 0.6) is 5.75 Å². The number of benzene rings is 1. The van der Waals surface area contributed by atoms with Crippen molar-refractivity contribution in [3.63, 3.8) is 0 Å². The van der Waals surface area contributed by atoms with Crippen molar-refractivity contribution < 1.29 is 23.0 Å². The summed E-state index contributed by atoms with van der Waals surface area (Å²) in [4.78, 5) is 11.4. The van der Waals surface area contributed by atoms with Gasteiger partial charge in [0.15, 0.2) is 0 Å². The van der Waals surface area contributed by atoms with Gasteiger partial charge < -0.3 is 14.8 Å². The molecule has 0 spiro atoms. The first-order chi connectivity index (χ1) is 8.63. The van der Waals surface area contributed by atoms with Crippen LogP contribution in [0.4, 0.5) is 14.5 Å². The number of nitrogens with one attached hydrogen (secondary N) is 1. The summed E-state index contributed by atoms with van der Waals surface area (Å²) in [6.07, 6.45) is 0.804. The monoisotopic (exact) mass is 259 g/mol. The number of alkyl halides is 2. The van der Waals surface area contributed by atoms with Crippen molar-refractivity contribution in [1.29, 1.82) is 0 Å². The smallest absolute Gasteiger partial charge is 0.387 e. The summed E-state index contributed by atoms with van der Waals surface area (Å²) >= 11 is 0. The summed E-state index contributed by atoms with van der Waals surface area (Å²) in [5.74, 6) is -0.481. The Labute approximate surface area is 104 Å². The van der Waals surface area contributed by atoms with Gasteiger partial charge in [-0.3, -0.25) is 4.79 Å². The number of ether oxygens (including phenoxy) is 2. The van der Waals surface area contributed by atoms with Crippen LogP contribution in [0.25, 0.3) is 0 Å². The van der Waals surface area contributed by atoms with Crippen molar-refractivity contribution in [3.05, 3.63) is 24.3 Å². The van der Waals surface area contributed by atoms with Gasteiger partial charge in [-0.25, -0.2) is 0 Å². The summed E-state index contributed by atoms with van der Waals surface area (Å²) in [6, 6.07) is 5.99. The number of carbonyl (C=O) groups is 1. The summed E-state index contributed by atoms with van der Waals surface area (Å²) in [5.41, 5.74) is 0.197. The Balaban J connectivity index is 2.57. The number of hydrogen-bond donors (Lipinski definition) is 1. The first kappa shape index (κ1) is 14.4. The molecule has 1 amide bonds. The molecule has 0 atom stereocenters. The third-order valence-electron chi connectivity index (χ3n) is 1.96. The minimum atomic E-state index is -2.93. The van der Waals surface area contributed by atoms with Crippen molar-refractivity contribution in [2.75, 3.05) is 18.5 Å². The number of carbonyl (C=O) groups excluding carboxylic acids is 1. The number of amides is 1. The molecular weight excluding hydrogens is 244 g/mol. The summed E-state index contributed by atoms with van der Waals surface area (Å²) in [7, 11) is 0. The van der Waals surface area contributed by atoms with Crippen molar-refractivity contribution in [3.8, 4) is 5.75 Å². The van der Waals surface area contributed by atoms with Gasteiger partial charge in [0, 0.05) is 6.61 Å². The second kappa shape index (κ2) is 7.60. The molecule has 0 saturated carbocycles. The lowest BCUT2D eigenvalue weighted by Crippen LogP contribution is -2.19. The molecule has 0 aliphatic heterocycles. The van der Waals surface area contributed by atoms with Gasteiger partial charge in [0.25, 0.3) is 0 Å². The zero-order valence-corrected chi connectivity index (χ0v) is 9.99. The SMILES string of the molecule is CCCOCC(=O)Nc1ccccc1OC(F)F. The molecule has 0 bridgehead atoms. The van der Waals surface area contributed by atoms with Crippen LogP contribution in [0.1, 0.15) is 13.3 Å². The largest absolute Gasteiger partial charge is 0.433 e. The quantitative estimate of drug-likeness (QED) is 0.766. The summed E-state index contributed by atoms with van der Waals surface area (Å²) in [5, 5.41) is 2.45. The van der Waals surface area contributed by atoms with Crippen molar-refractivity contribution in [2.24, 2.45) is 0 Å². The third-order valence-corrected chi connectivity index (χ3v) is 1.96. The molecule has 0 aromatic heterocycles. The van der Waals surface area contributed by atoms with E-state index in [1.165, 1.54) is 12.1 Å². The van der Waals surface area contributed by atoms with Crippen LogP contribution in [-0.2, 0) is 9.53 Å². The Morgan fingerprint density at radius 2 is 2.11 bits per heavy atom. The van der Waals surface area contributed by atoms with Gasteiger partial charge in [-0.05, 0) is 18.6 Å². The second-order valence-corrected chi connectivity index (χ2v) is 3.48. The van der Waals surface area contributed by atoms with Crippen LogP contribution >= 0.6 is 0 Å². The van der Waals surface area contributed by atoms with Gasteiger partial charge in [0.05, 0.1) is 5.69 Å². The Kier molecular flexibility index (Phi) is 6.07. The van der Waals surface area contributed by atoms with Gasteiger partial charge in [-0.1, -0.05) is 19.1 Å². The fourth-order valence-corrected chi connectivity index (χ4v) is 1.26. The fourth-order valence-electron chi connectivity index (χ4n) is 1.26. The van der Waals surface area contributed by atoms with Gasteiger partial charge in [-0.2, -0.15) is 8.78 Å². The van der Waals surface area contributed by atoms with Crippen LogP contribution < -0.4 is 10.1 Å². The molecule has 1 rings (SSSR count). The number of hydrogen-bond acceptors (Lipinski definition) is 3. The van der Waals surface area contributed by atoms with E-state index in [1.54, 1.807) is 12.1 Å². The average Bonchev–Trinajstić information content (AvgIpc) is 2.31. The molecule has 0 unspecified atom stereocenters. The number of anilines is 1. The predicted molar refractivity (Wildman–Crippen MR) is 62.8 cm³/mol. The molecule has 1 aromatic rings. The lowest BCUT2D eigenvalue weighted by molar-refractivity contribution is -0.120. The van der Waals surface area contributed by atoms with E-state index in [0.29, 0.717) is 6.61 Å². The zero-order chi connectivity index (χ0) is 13.4. The highest BCUT2D eigenvalue weighted by Crippen LogP contribution is 2.25. The molecule has 0 radical (unpaired) electrons. The maximum atomic E-state index is 12.1. The first-order valence-corrected chi connectivity index (χ1v) is 5.55. The Hall–Kier alpha value is -1.69. The highest BCUT2D eigenvalue weighted by molar-refractivity contribution is 5.93. The third kappa shape index (κ3) is 5.09.